The fraction of sp³-hybridized carbons (Fsp3) is 0.0500. The Kier molecular flexibility index (Phi) is 4.18. The van der Waals surface area contributed by atoms with Gasteiger partial charge in [-0.15, -0.1) is 0 Å². The number of carbonyl (C=O) groups is 2. The molecular formula is C20H16N4O3. The van der Waals surface area contributed by atoms with E-state index in [-0.39, 0.29) is 17.6 Å². The first kappa shape index (κ1) is 16.6. The van der Waals surface area contributed by atoms with Crippen molar-refractivity contribution in [2.75, 3.05) is 10.6 Å². The summed E-state index contributed by atoms with van der Waals surface area (Å²) in [7, 11) is 0. The number of H-pyrrole nitrogens is 1. The zero-order valence-corrected chi connectivity index (χ0v) is 14.4. The van der Waals surface area contributed by atoms with E-state index in [0.717, 1.165) is 16.5 Å². The number of carbonyl (C=O) groups excluding carboxylic acids is 2. The van der Waals surface area contributed by atoms with Gasteiger partial charge >= 0.3 is 0 Å². The number of nitrogens with zero attached hydrogens (tertiary/aromatic N) is 1. The van der Waals surface area contributed by atoms with Crippen LogP contribution < -0.4 is 10.6 Å². The first-order valence-corrected chi connectivity index (χ1v) is 8.31. The van der Waals surface area contributed by atoms with Gasteiger partial charge in [-0.25, -0.2) is 0 Å². The number of para-hydroxylation sites is 1. The third-order valence-corrected chi connectivity index (χ3v) is 4.22. The molecule has 4 aromatic rings. The molecule has 0 radical (unpaired) electrons. The molecule has 134 valence electrons. The summed E-state index contributed by atoms with van der Waals surface area (Å²) >= 11 is 0. The molecule has 0 atom stereocenters. The van der Waals surface area contributed by atoms with Gasteiger partial charge in [0.1, 0.15) is 0 Å². The van der Waals surface area contributed by atoms with Crippen molar-refractivity contribution >= 4 is 34.1 Å². The average Bonchev–Trinajstić information content (AvgIpc) is 3.35. The number of fused-ring (bicyclic) bond motifs is 1. The second-order valence-corrected chi connectivity index (χ2v) is 6.06. The van der Waals surface area contributed by atoms with E-state index in [1.54, 1.807) is 42.6 Å². The SMILES string of the molecule is Cc1ccc(C(=O)Nc2cccc3cn[nH]c23)cc1NC(=O)c1ccco1. The molecule has 4 rings (SSSR count). The summed E-state index contributed by atoms with van der Waals surface area (Å²) in [5.41, 5.74) is 3.19. The number of furan rings is 1. The molecule has 0 saturated carbocycles. The highest BCUT2D eigenvalue weighted by atomic mass is 16.3. The van der Waals surface area contributed by atoms with Gasteiger partial charge < -0.3 is 15.1 Å². The summed E-state index contributed by atoms with van der Waals surface area (Å²) in [4.78, 5) is 24.9. The highest BCUT2D eigenvalue weighted by molar-refractivity contribution is 6.09. The Bertz CT molecular complexity index is 1130. The lowest BCUT2D eigenvalue weighted by atomic mass is 10.1. The zero-order chi connectivity index (χ0) is 18.8. The lowest BCUT2D eigenvalue weighted by molar-refractivity contribution is 0.0993. The monoisotopic (exact) mass is 360 g/mol. The molecule has 0 fully saturated rings. The Morgan fingerprint density at radius 1 is 1.00 bits per heavy atom. The lowest BCUT2D eigenvalue weighted by Crippen LogP contribution is -2.15. The molecule has 3 N–H and O–H groups in total. The summed E-state index contributed by atoms with van der Waals surface area (Å²) in [6, 6.07) is 13.9. The number of nitrogens with one attached hydrogen (secondary N) is 3. The van der Waals surface area contributed by atoms with E-state index in [0.29, 0.717) is 16.9 Å². The van der Waals surface area contributed by atoms with Gasteiger partial charge in [-0.1, -0.05) is 18.2 Å². The number of aromatic amines is 1. The maximum atomic E-state index is 12.7. The Balaban J connectivity index is 1.57. The van der Waals surface area contributed by atoms with Crippen LogP contribution in [-0.4, -0.2) is 22.0 Å². The van der Waals surface area contributed by atoms with Gasteiger partial charge in [0.15, 0.2) is 5.76 Å². The molecule has 2 aromatic carbocycles. The van der Waals surface area contributed by atoms with Gasteiger partial charge in [-0.3, -0.25) is 14.7 Å². The molecule has 0 saturated heterocycles. The summed E-state index contributed by atoms with van der Waals surface area (Å²) in [6.07, 6.45) is 3.13. The fourth-order valence-corrected chi connectivity index (χ4v) is 2.76. The molecule has 2 amide bonds. The highest BCUT2D eigenvalue weighted by Gasteiger charge is 2.14. The van der Waals surface area contributed by atoms with E-state index < -0.39 is 0 Å². The van der Waals surface area contributed by atoms with Crippen LogP contribution in [0, 0.1) is 6.92 Å². The fourth-order valence-electron chi connectivity index (χ4n) is 2.76. The van der Waals surface area contributed by atoms with Crippen molar-refractivity contribution in [3.8, 4) is 0 Å². The van der Waals surface area contributed by atoms with Crippen molar-refractivity contribution in [1.82, 2.24) is 10.2 Å². The minimum atomic E-state index is -0.372. The topological polar surface area (TPSA) is 100 Å². The maximum absolute atomic E-state index is 12.7. The molecule has 0 aliphatic carbocycles. The molecule has 2 aromatic heterocycles. The predicted molar refractivity (Wildman–Crippen MR) is 102 cm³/mol. The normalized spacial score (nSPS) is 10.7. The molecule has 0 unspecified atom stereocenters. The van der Waals surface area contributed by atoms with Gasteiger partial charge in [0.05, 0.1) is 23.7 Å². The first-order valence-electron chi connectivity index (χ1n) is 8.31. The predicted octanol–water partition coefficient (Wildman–Crippen LogP) is 3.97. The smallest absolute Gasteiger partial charge is 0.291 e. The van der Waals surface area contributed by atoms with E-state index >= 15 is 0 Å². The standard InChI is InChI=1S/C20H16N4O3/c1-12-7-8-13(10-16(12)23-20(26)17-6-3-9-27-17)19(25)22-15-5-2-4-14-11-21-24-18(14)15/h2-11H,1H3,(H,21,24)(H,22,25)(H,23,26). The van der Waals surface area contributed by atoms with Crippen molar-refractivity contribution in [3.63, 3.8) is 0 Å². The van der Waals surface area contributed by atoms with Crippen LogP contribution in [-0.2, 0) is 0 Å². The molecule has 0 aliphatic rings. The lowest BCUT2D eigenvalue weighted by Gasteiger charge is -2.11. The van der Waals surface area contributed by atoms with Crippen molar-refractivity contribution in [3.05, 3.63) is 77.9 Å². The van der Waals surface area contributed by atoms with Crippen LogP contribution in [0.3, 0.4) is 0 Å². The van der Waals surface area contributed by atoms with Crippen molar-refractivity contribution in [1.29, 1.82) is 0 Å². The van der Waals surface area contributed by atoms with E-state index in [1.807, 2.05) is 19.1 Å². The first-order chi connectivity index (χ1) is 13.1. The van der Waals surface area contributed by atoms with Crippen molar-refractivity contribution < 1.29 is 14.0 Å². The number of amides is 2. The van der Waals surface area contributed by atoms with Gasteiger partial charge in [0, 0.05) is 16.6 Å². The third-order valence-electron chi connectivity index (χ3n) is 4.22. The quantitative estimate of drug-likeness (QED) is 0.513. The minimum absolute atomic E-state index is 0.204. The van der Waals surface area contributed by atoms with Gasteiger partial charge in [-0.2, -0.15) is 5.10 Å². The summed E-state index contributed by atoms with van der Waals surface area (Å²) in [5.74, 6) is -0.455. The van der Waals surface area contributed by atoms with Crippen molar-refractivity contribution in [2.45, 2.75) is 6.92 Å². The summed E-state index contributed by atoms with van der Waals surface area (Å²) < 4.78 is 5.10. The van der Waals surface area contributed by atoms with Gasteiger partial charge in [-0.05, 0) is 42.8 Å². The van der Waals surface area contributed by atoms with E-state index in [1.165, 1.54) is 6.26 Å². The van der Waals surface area contributed by atoms with Crippen LogP contribution in [0.25, 0.3) is 10.9 Å². The Morgan fingerprint density at radius 3 is 2.67 bits per heavy atom. The number of benzene rings is 2. The summed E-state index contributed by atoms with van der Waals surface area (Å²) in [6.45, 7) is 1.85. The molecule has 0 aliphatic heterocycles. The number of rotatable bonds is 4. The molecule has 7 heteroatoms. The Morgan fingerprint density at radius 2 is 1.85 bits per heavy atom. The van der Waals surface area contributed by atoms with E-state index in [4.69, 9.17) is 4.42 Å². The largest absolute Gasteiger partial charge is 0.459 e. The molecule has 7 nitrogen and oxygen atoms in total. The number of hydrogen-bond donors (Lipinski definition) is 3. The van der Waals surface area contributed by atoms with E-state index in [2.05, 4.69) is 20.8 Å². The number of anilines is 2. The Labute approximate surface area is 154 Å². The van der Waals surface area contributed by atoms with Crippen LogP contribution in [0.1, 0.15) is 26.5 Å². The second-order valence-electron chi connectivity index (χ2n) is 6.06. The molecule has 2 heterocycles. The molecule has 0 spiro atoms. The highest BCUT2D eigenvalue weighted by Crippen LogP contribution is 2.23. The van der Waals surface area contributed by atoms with E-state index in [9.17, 15) is 9.59 Å². The van der Waals surface area contributed by atoms with Gasteiger partial charge in [0.2, 0.25) is 0 Å². The number of aryl methyl sites for hydroxylation is 1. The maximum Gasteiger partial charge on any atom is 0.291 e. The zero-order valence-electron chi connectivity index (χ0n) is 14.4. The molecular weight excluding hydrogens is 344 g/mol. The van der Waals surface area contributed by atoms with Crippen LogP contribution in [0.15, 0.2) is 65.4 Å². The molecule has 27 heavy (non-hydrogen) atoms. The van der Waals surface area contributed by atoms with Crippen LogP contribution in [0.2, 0.25) is 0 Å². The number of hydrogen-bond acceptors (Lipinski definition) is 4. The average molecular weight is 360 g/mol. The minimum Gasteiger partial charge on any atom is -0.459 e. The Hall–Kier alpha value is -3.87. The number of aromatic nitrogens is 2. The second kappa shape index (κ2) is 6.80. The van der Waals surface area contributed by atoms with Crippen LogP contribution >= 0.6 is 0 Å². The molecule has 0 bridgehead atoms. The van der Waals surface area contributed by atoms with Gasteiger partial charge in [0.25, 0.3) is 11.8 Å². The van der Waals surface area contributed by atoms with Crippen LogP contribution in [0.4, 0.5) is 11.4 Å². The third kappa shape index (κ3) is 3.30. The summed E-state index contributed by atoms with van der Waals surface area (Å²) in [5, 5.41) is 13.4. The van der Waals surface area contributed by atoms with Crippen LogP contribution in [0.5, 0.6) is 0 Å². The van der Waals surface area contributed by atoms with Crippen molar-refractivity contribution in [2.24, 2.45) is 0 Å².